The van der Waals surface area contributed by atoms with E-state index in [1.807, 2.05) is 53.1 Å². The minimum absolute atomic E-state index is 0.128. The number of hydrogen-bond donors (Lipinski definition) is 1. The monoisotopic (exact) mass is 446 g/mol. The van der Waals surface area contributed by atoms with Crippen molar-refractivity contribution in [1.29, 1.82) is 0 Å². The van der Waals surface area contributed by atoms with Gasteiger partial charge in [0.2, 0.25) is 0 Å². The molecular formula is C27H30N2O4. The molecule has 0 amide bonds. The predicted molar refractivity (Wildman–Crippen MR) is 129 cm³/mol. The van der Waals surface area contributed by atoms with Gasteiger partial charge in [0.15, 0.2) is 11.5 Å². The van der Waals surface area contributed by atoms with Crippen molar-refractivity contribution in [2.75, 3.05) is 13.7 Å². The van der Waals surface area contributed by atoms with Crippen LogP contribution >= 0.6 is 0 Å². The molecule has 0 aliphatic carbocycles. The van der Waals surface area contributed by atoms with Gasteiger partial charge < -0.3 is 23.9 Å². The number of ether oxygens (including phenoxy) is 3. The van der Waals surface area contributed by atoms with E-state index < -0.39 is 6.10 Å². The summed E-state index contributed by atoms with van der Waals surface area (Å²) in [6.45, 7) is 6.95. The van der Waals surface area contributed by atoms with Gasteiger partial charge in [0, 0.05) is 0 Å². The van der Waals surface area contributed by atoms with Crippen molar-refractivity contribution in [3.8, 4) is 17.2 Å². The van der Waals surface area contributed by atoms with Crippen LogP contribution in [0.5, 0.6) is 17.2 Å². The van der Waals surface area contributed by atoms with Gasteiger partial charge in [-0.1, -0.05) is 42.0 Å². The van der Waals surface area contributed by atoms with Crippen molar-refractivity contribution >= 4 is 11.0 Å². The number of benzene rings is 3. The fourth-order valence-electron chi connectivity index (χ4n) is 4.16. The van der Waals surface area contributed by atoms with Crippen LogP contribution in [-0.4, -0.2) is 34.5 Å². The number of aryl methyl sites for hydroxylation is 3. The zero-order valence-corrected chi connectivity index (χ0v) is 19.5. The Labute approximate surface area is 194 Å². The van der Waals surface area contributed by atoms with Crippen molar-refractivity contribution in [2.24, 2.45) is 0 Å². The molecule has 1 aromatic heterocycles. The summed E-state index contributed by atoms with van der Waals surface area (Å²) in [5.74, 6) is 2.87. The topological polar surface area (TPSA) is 65.7 Å². The number of nitrogens with zero attached hydrogens (tertiary/aromatic N) is 2. The summed E-state index contributed by atoms with van der Waals surface area (Å²) in [5, 5.41) is 10.8. The molecule has 0 bridgehead atoms. The highest BCUT2D eigenvalue weighted by atomic mass is 16.5. The van der Waals surface area contributed by atoms with E-state index in [-0.39, 0.29) is 6.61 Å². The summed E-state index contributed by atoms with van der Waals surface area (Å²) in [6, 6.07) is 19.5. The molecule has 3 aromatic carbocycles. The fourth-order valence-corrected chi connectivity index (χ4v) is 4.16. The molecule has 6 nitrogen and oxygen atoms in total. The molecule has 0 spiro atoms. The Balaban J connectivity index is 1.52. The molecule has 1 N–H and O–H groups in total. The van der Waals surface area contributed by atoms with Gasteiger partial charge in [0.25, 0.3) is 0 Å². The molecule has 1 heterocycles. The van der Waals surface area contributed by atoms with Gasteiger partial charge in [-0.15, -0.1) is 0 Å². The van der Waals surface area contributed by atoms with Gasteiger partial charge in [-0.3, -0.25) is 0 Å². The molecule has 33 heavy (non-hydrogen) atoms. The smallest absolute Gasteiger partial charge is 0.161 e. The Kier molecular flexibility index (Phi) is 6.84. The molecular weight excluding hydrogens is 416 g/mol. The van der Waals surface area contributed by atoms with Crippen LogP contribution < -0.4 is 14.2 Å². The normalized spacial score (nSPS) is 12.0. The van der Waals surface area contributed by atoms with Crippen molar-refractivity contribution < 1.29 is 19.3 Å². The second-order valence-electron chi connectivity index (χ2n) is 8.26. The highest BCUT2D eigenvalue weighted by molar-refractivity contribution is 5.75. The molecule has 0 fully saturated rings. The standard InChI is InChI=1S/C27H30N2O4/c1-18-13-19(2)27(20(3)14-18)33-17-26-28-22-9-5-6-10-23(22)29(26)15-21(30)16-32-25-12-8-7-11-24(25)31-4/h5-14,21,30H,15-17H2,1-4H3. The maximum Gasteiger partial charge on any atom is 0.161 e. The number of aromatic nitrogens is 2. The predicted octanol–water partition coefficient (Wildman–Crippen LogP) is 4.99. The molecule has 4 rings (SSSR count). The number of hydrogen-bond acceptors (Lipinski definition) is 5. The molecule has 0 aliphatic heterocycles. The molecule has 6 heteroatoms. The van der Waals surface area contributed by atoms with Crippen LogP contribution in [0.3, 0.4) is 0 Å². The van der Waals surface area contributed by atoms with Crippen LogP contribution in [0, 0.1) is 20.8 Å². The first-order valence-corrected chi connectivity index (χ1v) is 11.0. The Morgan fingerprint density at radius 2 is 1.58 bits per heavy atom. The van der Waals surface area contributed by atoms with Gasteiger partial charge in [-0.05, 0) is 56.2 Å². The number of imidazole rings is 1. The number of aliphatic hydroxyl groups excluding tert-OH is 1. The third kappa shape index (κ3) is 5.12. The minimum atomic E-state index is -0.742. The van der Waals surface area contributed by atoms with Crippen LogP contribution in [0.25, 0.3) is 11.0 Å². The third-order valence-electron chi connectivity index (χ3n) is 5.58. The minimum Gasteiger partial charge on any atom is -0.493 e. The Bertz CT molecular complexity index is 1230. The molecule has 0 saturated carbocycles. The largest absolute Gasteiger partial charge is 0.493 e. The van der Waals surface area contributed by atoms with E-state index >= 15 is 0 Å². The molecule has 4 aromatic rings. The Morgan fingerprint density at radius 3 is 2.30 bits per heavy atom. The van der Waals surface area contributed by atoms with Gasteiger partial charge in [-0.25, -0.2) is 4.98 Å². The molecule has 1 unspecified atom stereocenters. The van der Waals surface area contributed by atoms with Gasteiger partial charge in [-0.2, -0.15) is 0 Å². The summed E-state index contributed by atoms with van der Waals surface area (Å²) in [4.78, 5) is 4.77. The average molecular weight is 447 g/mol. The number of fused-ring (bicyclic) bond motifs is 1. The summed E-state index contributed by atoms with van der Waals surface area (Å²) < 4.78 is 19.4. The maximum atomic E-state index is 10.8. The zero-order valence-electron chi connectivity index (χ0n) is 19.5. The van der Waals surface area contributed by atoms with Crippen LogP contribution in [0.2, 0.25) is 0 Å². The average Bonchev–Trinajstić information content (AvgIpc) is 3.14. The number of methoxy groups -OCH3 is 1. The number of aliphatic hydroxyl groups is 1. The van der Waals surface area contributed by atoms with Crippen molar-refractivity contribution in [1.82, 2.24) is 9.55 Å². The lowest BCUT2D eigenvalue weighted by Gasteiger charge is -2.18. The van der Waals surface area contributed by atoms with Crippen LogP contribution in [0.4, 0.5) is 0 Å². The first-order valence-electron chi connectivity index (χ1n) is 11.0. The maximum absolute atomic E-state index is 10.8. The van der Waals surface area contributed by atoms with Gasteiger partial charge in [0.05, 0.1) is 24.7 Å². The van der Waals surface area contributed by atoms with Crippen LogP contribution in [0.1, 0.15) is 22.5 Å². The summed E-state index contributed by atoms with van der Waals surface area (Å²) >= 11 is 0. The first-order chi connectivity index (χ1) is 16.0. The SMILES string of the molecule is COc1ccccc1OCC(O)Cn1c(COc2c(C)cc(C)cc2C)nc2ccccc21. The lowest BCUT2D eigenvalue weighted by Crippen LogP contribution is -2.25. The van der Waals surface area contributed by atoms with Crippen molar-refractivity contribution in [3.63, 3.8) is 0 Å². The van der Waals surface area contributed by atoms with E-state index in [1.165, 1.54) is 5.56 Å². The van der Waals surface area contributed by atoms with Crippen molar-refractivity contribution in [2.45, 2.75) is 40.0 Å². The first kappa shape index (κ1) is 22.7. The molecule has 0 radical (unpaired) electrons. The quantitative estimate of drug-likeness (QED) is 0.392. The lowest BCUT2D eigenvalue weighted by atomic mass is 10.1. The van der Waals surface area contributed by atoms with E-state index in [4.69, 9.17) is 19.2 Å². The Hall–Kier alpha value is -3.51. The molecule has 172 valence electrons. The molecule has 1 atom stereocenters. The van der Waals surface area contributed by atoms with Gasteiger partial charge >= 0.3 is 0 Å². The number of para-hydroxylation sites is 4. The second kappa shape index (κ2) is 9.96. The van der Waals surface area contributed by atoms with E-state index in [0.29, 0.717) is 24.7 Å². The van der Waals surface area contributed by atoms with Crippen LogP contribution in [0.15, 0.2) is 60.7 Å². The number of rotatable bonds is 9. The van der Waals surface area contributed by atoms with E-state index in [2.05, 4.69) is 32.9 Å². The van der Waals surface area contributed by atoms with Crippen LogP contribution in [-0.2, 0) is 13.2 Å². The molecule has 0 aliphatic rings. The Morgan fingerprint density at radius 1 is 0.909 bits per heavy atom. The fraction of sp³-hybridized carbons (Fsp3) is 0.296. The highest BCUT2D eigenvalue weighted by Gasteiger charge is 2.17. The zero-order chi connectivity index (χ0) is 23.4. The van der Waals surface area contributed by atoms with E-state index in [1.54, 1.807) is 7.11 Å². The summed E-state index contributed by atoms with van der Waals surface area (Å²) in [6.07, 6.45) is -0.742. The molecule has 0 saturated heterocycles. The van der Waals surface area contributed by atoms with E-state index in [9.17, 15) is 5.11 Å². The third-order valence-corrected chi connectivity index (χ3v) is 5.58. The highest BCUT2D eigenvalue weighted by Crippen LogP contribution is 2.27. The second-order valence-corrected chi connectivity index (χ2v) is 8.26. The van der Waals surface area contributed by atoms with Gasteiger partial charge in [0.1, 0.15) is 30.9 Å². The van der Waals surface area contributed by atoms with Crippen molar-refractivity contribution in [3.05, 3.63) is 83.2 Å². The summed E-state index contributed by atoms with van der Waals surface area (Å²) in [5.41, 5.74) is 5.22. The van der Waals surface area contributed by atoms with E-state index in [0.717, 1.165) is 33.7 Å². The lowest BCUT2D eigenvalue weighted by molar-refractivity contribution is 0.0902. The summed E-state index contributed by atoms with van der Waals surface area (Å²) in [7, 11) is 1.60.